The number of nitrogens with zero attached hydrogens (tertiary/aromatic N) is 6. The average Bonchev–Trinajstić information content (AvgIpc) is 3.73. The number of benzene rings is 1. The molecular formula is C35H46F3N8O8P. The Bertz CT molecular complexity index is 1780. The second-order valence-corrected chi connectivity index (χ2v) is 14.5. The fraction of sp³-hybridized carbons (Fsp3) is 0.571. The average molecular weight is 797 g/mol. The molecule has 20 heteroatoms. The molecule has 2 aromatic heterocycles. The number of nitrogens with one attached hydrogen (secondary N) is 2. The Morgan fingerprint density at radius 3 is 2.55 bits per heavy atom. The summed E-state index contributed by atoms with van der Waals surface area (Å²) in [6, 6.07) is 10.4. The molecule has 4 rings (SSSR count). The topological polar surface area (TPSA) is 203 Å². The largest absolute Gasteiger partial charge is 0.449 e. The first-order chi connectivity index (χ1) is 26.8. The molecule has 0 saturated carbocycles. The Kier molecular flexibility index (Phi) is 15.8. The minimum atomic E-state index is -4.96. The van der Waals surface area contributed by atoms with Crippen molar-refractivity contribution in [2.24, 2.45) is 0 Å². The molecule has 3 N–H and O–H groups in total. The van der Waals surface area contributed by atoms with E-state index in [4.69, 9.17) is 20.0 Å². The molecule has 2 amide bonds. The van der Waals surface area contributed by atoms with Crippen LogP contribution < -0.4 is 10.6 Å². The van der Waals surface area contributed by atoms with Gasteiger partial charge in [-0.15, -0.1) is 0 Å². The van der Waals surface area contributed by atoms with Crippen molar-refractivity contribution < 1.29 is 51.2 Å². The number of hydrogen-bond donors (Lipinski definition) is 3. The van der Waals surface area contributed by atoms with Crippen LogP contribution in [0.4, 0.5) is 19.0 Å². The number of imidazole rings is 1. The SMILES string of the molecule is [3H]OCCC[C@H]1O[C@@H](n2cnc3c(NC(=O)c4ccccc4)ncnc32)[C@@H](OCC(=O)NCCCC(=O)C(F)(F)F)C1OP(OCCC#N)N(C(C)C)C(C)C. The first kappa shape index (κ1) is 42.0. The van der Waals surface area contributed by atoms with Gasteiger partial charge in [-0.05, 0) is 59.1 Å². The van der Waals surface area contributed by atoms with Gasteiger partial charge in [0, 0.05) is 37.2 Å². The Hall–Kier alpha value is -4.15. The highest BCUT2D eigenvalue weighted by molar-refractivity contribution is 7.44. The van der Waals surface area contributed by atoms with Gasteiger partial charge in [-0.25, -0.2) is 19.6 Å². The summed E-state index contributed by atoms with van der Waals surface area (Å²) in [6.07, 6.45) is -6.35. The van der Waals surface area contributed by atoms with Gasteiger partial charge in [0.1, 0.15) is 25.1 Å². The van der Waals surface area contributed by atoms with E-state index < -0.39 is 69.9 Å². The smallest absolute Gasteiger partial charge is 0.396 e. The Labute approximate surface area is 319 Å². The highest BCUT2D eigenvalue weighted by Gasteiger charge is 2.50. The van der Waals surface area contributed by atoms with Gasteiger partial charge >= 0.3 is 6.18 Å². The van der Waals surface area contributed by atoms with E-state index in [1.807, 2.05) is 32.4 Å². The molecule has 1 fully saturated rings. The third kappa shape index (κ3) is 11.9. The summed E-state index contributed by atoms with van der Waals surface area (Å²) >= 11 is 0. The van der Waals surface area contributed by atoms with E-state index in [2.05, 4.69) is 36.8 Å². The fourth-order valence-corrected chi connectivity index (χ4v) is 7.66. The van der Waals surface area contributed by atoms with Crippen LogP contribution in [0.3, 0.4) is 0 Å². The zero-order valence-electron chi connectivity index (χ0n) is 31.9. The number of aliphatic hydroxyl groups is 1. The summed E-state index contributed by atoms with van der Waals surface area (Å²) in [7, 11) is -1.87. The fourth-order valence-electron chi connectivity index (χ4n) is 5.89. The molecule has 1 aliphatic heterocycles. The molecule has 1 aliphatic rings. The van der Waals surface area contributed by atoms with E-state index >= 15 is 0 Å². The number of carbonyl (C=O) groups excluding carboxylic acids is 3. The van der Waals surface area contributed by atoms with Crippen LogP contribution >= 0.6 is 8.53 Å². The number of fused-ring (bicyclic) bond motifs is 1. The number of anilines is 1. The Balaban J connectivity index is 1.68. The van der Waals surface area contributed by atoms with E-state index in [1.54, 1.807) is 34.9 Å². The van der Waals surface area contributed by atoms with Gasteiger partial charge in [0.25, 0.3) is 14.4 Å². The van der Waals surface area contributed by atoms with E-state index in [1.165, 1.54) is 12.7 Å². The molecule has 1 aromatic carbocycles. The maximum absolute atomic E-state index is 13.0. The minimum absolute atomic E-state index is 0.0651. The van der Waals surface area contributed by atoms with Crippen LogP contribution in [-0.2, 0) is 28.1 Å². The number of carbonyl (C=O) groups is 3. The van der Waals surface area contributed by atoms with E-state index in [0.717, 1.165) is 0 Å². The summed E-state index contributed by atoms with van der Waals surface area (Å²) in [6.45, 7) is 7.23. The standard InChI is InChI=1S/C35H46F3N8O8P/c1-22(2)46(23(3)4)55(52-18-10-15-39)54-29-25(13-9-17-47)53-34(30(29)51-19-27(49)40-16-8-14-26(48)35(36,37)38)45-21-43-28-31(41-20-42-32(28)45)44-33(50)24-11-6-5-7-12-24/h5-7,11-12,20-23,25,29-30,34,47H,8-10,13-14,16-19H2,1-4H3,(H,40,49)(H,41,42,44,50)/t25-,29?,30+,34-,55?/m1/s1/i47T. The van der Waals surface area contributed by atoms with Gasteiger partial charge in [-0.2, -0.15) is 18.4 Å². The summed E-state index contributed by atoms with van der Waals surface area (Å²) in [5, 5.41) is 19.1. The van der Waals surface area contributed by atoms with Crippen molar-refractivity contribution in [3.05, 3.63) is 48.5 Å². The van der Waals surface area contributed by atoms with Crippen LogP contribution in [0, 0.1) is 11.3 Å². The number of hydrogen-bond acceptors (Lipinski definition) is 13. The molecule has 1 saturated heterocycles. The van der Waals surface area contributed by atoms with E-state index in [9.17, 15) is 32.8 Å². The number of aromatic nitrogens is 4. The first-order valence-electron chi connectivity index (χ1n) is 18.2. The van der Waals surface area contributed by atoms with Crippen molar-refractivity contribution in [3.8, 4) is 6.07 Å². The summed E-state index contributed by atoms with van der Waals surface area (Å²) in [4.78, 5) is 50.4. The lowest BCUT2D eigenvalue weighted by Gasteiger charge is -2.38. The van der Waals surface area contributed by atoms with Crippen LogP contribution in [0.25, 0.3) is 11.2 Å². The molecule has 3 aromatic rings. The molecule has 3 heterocycles. The zero-order valence-corrected chi connectivity index (χ0v) is 31.8. The molecule has 0 radical (unpaired) electrons. The highest BCUT2D eigenvalue weighted by atomic mass is 31.2. The van der Waals surface area contributed by atoms with Gasteiger partial charge in [0.15, 0.2) is 23.2 Å². The summed E-state index contributed by atoms with van der Waals surface area (Å²) in [5.74, 6) is -2.87. The van der Waals surface area contributed by atoms with Crippen molar-refractivity contribution in [3.63, 3.8) is 0 Å². The normalized spacial score (nSPS) is 19.5. The number of ketones is 1. The third-order valence-electron chi connectivity index (χ3n) is 8.32. The number of nitriles is 1. The van der Waals surface area contributed by atoms with Crippen LogP contribution in [0.2, 0.25) is 0 Å². The minimum Gasteiger partial charge on any atom is -0.396 e. The Morgan fingerprint density at radius 1 is 1.13 bits per heavy atom. The van der Waals surface area contributed by atoms with Crippen molar-refractivity contribution >= 4 is 43.1 Å². The number of aliphatic hydroxyl groups excluding tert-OH is 1. The van der Waals surface area contributed by atoms with Gasteiger partial charge in [-0.1, -0.05) is 18.2 Å². The lowest BCUT2D eigenvalue weighted by molar-refractivity contribution is -0.171. The van der Waals surface area contributed by atoms with Crippen LogP contribution in [0.1, 0.15) is 76.4 Å². The maximum Gasteiger partial charge on any atom is 0.449 e. The first-order valence-corrected chi connectivity index (χ1v) is 18.9. The molecule has 300 valence electrons. The number of amides is 2. The molecule has 2 unspecified atom stereocenters. The second-order valence-electron chi connectivity index (χ2n) is 13.0. The molecular weight excluding hydrogens is 748 g/mol. The van der Waals surface area contributed by atoms with Crippen LogP contribution in [-0.4, -0.2) is 111 Å². The van der Waals surface area contributed by atoms with E-state index in [0.29, 0.717) is 18.4 Å². The van der Waals surface area contributed by atoms with Crippen molar-refractivity contribution in [2.45, 2.75) is 103 Å². The predicted octanol–water partition coefficient (Wildman–Crippen LogP) is 4.82. The van der Waals surface area contributed by atoms with Gasteiger partial charge in [-0.3, -0.25) is 19.0 Å². The lowest BCUT2D eigenvalue weighted by Crippen LogP contribution is -2.41. The highest BCUT2D eigenvalue weighted by Crippen LogP contribution is 2.51. The van der Waals surface area contributed by atoms with Gasteiger partial charge in [0.05, 0.1) is 31.5 Å². The summed E-state index contributed by atoms with van der Waals surface area (Å²) < 4.78 is 74.6. The van der Waals surface area contributed by atoms with Crippen molar-refractivity contribution in [2.75, 3.05) is 31.7 Å². The number of halogens is 3. The van der Waals surface area contributed by atoms with E-state index in [-0.39, 0.29) is 61.7 Å². The van der Waals surface area contributed by atoms with Crippen molar-refractivity contribution in [1.29, 1.82) is 6.69 Å². The van der Waals surface area contributed by atoms with Gasteiger partial charge in [0.2, 0.25) is 13.1 Å². The molecule has 5 atom stereocenters. The number of rotatable bonds is 22. The number of ether oxygens (including phenoxy) is 2. The third-order valence-corrected chi connectivity index (χ3v) is 10.4. The second kappa shape index (κ2) is 20.7. The molecule has 0 aliphatic carbocycles. The zero-order chi connectivity index (χ0) is 40.8. The van der Waals surface area contributed by atoms with Crippen LogP contribution in [0.5, 0.6) is 0 Å². The lowest BCUT2D eigenvalue weighted by atomic mass is 10.1. The Morgan fingerprint density at radius 2 is 1.87 bits per heavy atom. The predicted molar refractivity (Wildman–Crippen MR) is 193 cm³/mol. The monoisotopic (exact) mass is 796 g/mol. The molecule has 0 bridgehead atoms. The van der Waals surface area contributed by atoms with Crippen LogP contribution in [0.15, 0.2) is 43.0 Å². The molecule has 16 nitrogen and oxygen atoms in total. The molecule has 55 heavy (non-hydrogen) atoms. The summed E-state index contributed by atoms with van der Waals surface area (Å²) in [5.41, 5.74) is 0.858. The number of Topliss-reactive ketones (excluding diaryl/α,β-unsaturated/α-hetero) is 1. The maximum atomic E-state index is 13.0. The van der Waals surface area contributed by atoms with Crippen molar-refractivity contribution in [1.82, 2.24) is 29.5 Å². The quantitative estimate of drug-likeness (QED) is 0.0923. The molecule has 0 spiro atoms. The van der Waals surface area contributed by atoms with Gasteiger partial charge < -0.3 is 34.3 Å². The number of alkyl halides is 3.